The Morgan fingerprint density at radius 2 is 2.14 bits per heavy atom. The SMILES string of the molecule is CCCc1c(C(=O)O)sc2nc(-c3ccc(C)cc3C)cn12. The van der Waals surface area contributed by atoms with Gasteiger partial charge in [-0.1, -0.05) is 48.4 Å². The van der Waals surface area contributed by atoms with Crippen molar-refractivity contribution in [2.24, 2.45) is 0 Å². The minimum atomic E-state index is -0.869. The van der Waals surface area contributed by atoms with E-state index in [1.165, 1.54) is 22.5 Å². The summed E-state index contributed by atoms with van der Waals surface area (Å²) in [4.78, 5) is 17.2. The van der Waals surface area contributed by atoms with Crippen LogP contribution >= 0.6 is 11.3 Å². The van der Waals surface area contributed by atoms with E-state index in [2.05, 4.69) is 44.0 Å². The summed E-state index contributed by atoms with van der Waals surface area (Å²) in [5.41, 5.74) is 5.25. The lowest BCUT2D eigenvalue weighted by atomic mass is 10.0. The van der Waals surface area contributed by atoms with E-state index in [0.717, 1.165) is 34.8 Å². The van der Waals surface area contributed by atoms with Gasteiger partial charge in [0.2, 0.25) is 0 Å². The molecule has 22 heavy (non-hydrogen) atoms. The Bertz CT molecular complexity index is 861. The van der Waals surface area contributed by atoms with Crippen LogP contribution in [0.25, 0.3) is 16.2 Å². The third-order valence-corrected chi connectivity index (χ3v) is 4.84. The third-order valence-electron chi connectivity index (χ3n) is 3.76. The normalized spacial score (nSPS) is 11.2. The molecule has 0 atom stereocenters. The zero-order valence-electron chi connectivity index (χ0n) is 12.9. The summed E-state index contributed by atoms with van der Waals surface area (Å²) in [6.07, 6.45) is 3.61. The van der Waals surface area contributed by atoms with E-state index < -0.39 is 5.97 Å². The summed E-state index contributed by atoms with van der Waals surface area (Å²) in [5, 5.41) is 9.34. The van der Waals surface area contributed by atoms with Crippen LogP contribution in [0.2, 0.25) is 0 Å². The van der Waals surface area contributed by atoms with E-state index in [1.54, 1.807) is 0 Å². The Kier molecular flexibility index (Phi) is 3.74. The minimum absolute atomic E-state index is 0.400. The number of fused-ring (bicyclic) bond motifs is 1. The average molecular weight is 314 g/mol. The van der Waals surface area contributed by atoms with Crippen LogP contribution in [-0.2, 0) is 6.42 Å². The third kappa shape index (κ3) is 2.41. The molecule has 0 spiro atoms. The molecular formula is C17H18N2O2S. The fraction of sp³-hybridized carbons (Fsp3) is 0.294. The van der Waals surface area contributed by atoms with Crippen LogP contribution in [0.3, 0.4) is 0 Å². The highest BCUT2D eigenvalue weighted by Crippen LogP contribution is 2.30. The lowest BCUT2D eigenvalue weighted by molar-refractivity contribution is 0.0700. The number of aromatic carboxylic acids is 1. The molecule has 0 bridgehead atoms. The first-order valence-corrected chi connectivity index (χ1v) is 8.14. The van der Waals surface area contributed by atoms with Crippen molar-refractivity contribution in [3.05, 3.63) is 46.1 Å². The monoisotopic (exact) mass is 314 g/mol. The van der Waals surface area contributed by atoms with Gasteiger partial charge in [0.1, 0.15) is 4.88 Å². The summed E-state index contributed by atoms with van der Waals surface area (Å²) in [7, 11) is 0. The Morgan fingerprint density at radius 3 is 2.77 bits per heavy atom. The van der Waals surface area contributed by atoms with Crippen molar-refractivity contribution < 1.29 is 9.90 Å². The fourth-order valence-electron chi connectivity index (χ4n) is 2.76. The zero-order chi connectivity index (χ0) is 15.9. The molecule has 1 aromatic carbocycles. The maximum atomic E-state index is 11.4. The van der Waals surface area contributed by atoms with Gasteiger partial charge in [-0.25, -0.2) is 9.78 Å². The Labute approximate surface area is 133 Å². The summed E-state index contributed by atoms with van der Waals surface area (Å²) >= 11 is 1.25. The molecule has 3 rings (SSSR count). The molecule has 2 aromatic heterocycles. The van der Waals surface area contributed by atoms with Gasteiger partial charge in [-0.3, -0.25) is 4.40 Å². The molecule has 4 nitrogen and oxygen atoms in total. The molecule has 0 aliphatic carbocycles. The summed E-state index contributed by atoms with van der Waals surface area (Å²) in [6, 6.07) is 6.29. The van der Waals surface area contributed by atoms with E-state index >= 15 is 0 Å². The predicted octanol–water partition coefficient (Wildman–Crippen LogP) is 4.33. The highest BCUT2D eigenvalue weighted by Gasteiger charge is 2.19. The van der Waals surface area contributed by atoms with Crippen molar-refractivity contribution in [2.45, 2.75) is 33.6 Å². The molecule has 0 fully saturated rings. The summed E-state index contributed by atoms with van der Waals surface area (Å²) < 4.78 is 1.94. The number of aromatic nitrogens is 2. The van der Waals surface area contributed by atoms with Gasteiger partial charge in [-0.15, -0.1) is 0 Å². The summed E-state index contributed by atoms with van der Waals surface area (Å²) in [6.45, 7) is 6.20. The number of hydrogen-bond donors (Lipinski definition) is 1. The van der Waals surface area contributed by atoms with Crippen molar-refractivity contribution in [1.29, 1.82) is 0 Å². The molecule has 5 heteroatoms. The predicted molar refractivity (Wildman–Crippen MR) is 88.9 cm³/mol. The molecule has 0 radical (unpaired) electrons. The maximum absolute atomic E-state index is 11.4. The summed E-state index contributed by atoms with van der Waals surface area (Å²) in [5.74, 6) is -0.869. The number of nitrogens with zero attached hydrogens (tertiary/aromatic N) is 2. The van der Waals surface area contributed by atoms with Crippen LogP contribution in [0.4, 0.5) is 0 Å². The largest absolute Gasteiger partial charge is 0.477 e. The highest BCUT2D eigenvalue weighted by molar-refractivity contribution is 7.19. The van der Waals surface area contributed by atoms with Gasteiger partial charge in [0.25, 0.3) is 0 Å². The molecule has 0 unspecified atom stereocenters. The number of carboxylic acid groups (broad SMARTS) is 1. The lowest BCUT2D eigenvalue weighted by Crippen LogP contribution is -2.00. The minimum Gasteiger partial charge on any atom is -0.477 e. The Morgan fingerprint density at radius 1 is 1.36 bits per heavy atom. The van der Waals surface area contributed by atoms with Gasteiger partial charge in [-0.2, -0.15) is 0 Å². The van der Waals surface area contributed by atoms with Gasteiger partial charge in [-0.05, 0) is 25.8 Å². The molecule has 0 saturated carbocycles. The number of carbonyl (C=O) groups is 1. The fourth-order valence-corrected chi connectivity index (χ4v) is 3.75. The first-order chi connectivity index (χ1) is 10.5. The Balaban J connectivity index is 2.16. The standard InChI is InChI=1S/C17H18N2O2S/c1-4-5-14-15(16(20)21)22-17-18-13(9-19(14)17)12-7-6-10(2)8-11(12)3/h6-9H,4-5H2,1-3H3,(H,20,21). The zero-order valence-corrected chi connectivity index (χ0v) is 13.7. The van der Waals surface area contributed by atoms with Gasteiger partial charge < -0.3 is 5.11 Å². The first-order valence-electron chi connectivity index (χ1n) is 7.33. The second kappa shape index (κ2) is 5.57. The van der Waals surface area contributed by atoms with Crippen molar-refractivity contribution in [3.63, 3.8) is 0 Å². The van der Waals surface area contributed by atoms with Crippen LogP contribution < -0.4 is 0 Å². The lowest BCUT2D eigenvalue weighted by Gasteiger charge is -2.03. The average Bonchev–Trinajstić information content (AvgIpc) is 2.98. The van der Waals surface area contributed by atoms with Gasteiger partial charge in [0.05, 0.1) is 5.69 Å². The van der Waals surface area contributed by atoms with Crippen LogP contribution in [0.5, 0.6) is 0 Å². The molecule has 0 aliphatic heterocycles. The van der Waals surface area contributed by atoms with Crippen molar-refractivity contribution in [3.8, 4) is 11.3 Å². The van der Waals surface area contributed by atoms with Crippen molar-refractivity contribution >= 4 is 22.3 Å². The number of carboxylic acids is 1. The van der Waals surface area contributed by atoms with E-state index in [1.807, 2.05) is 10.6 Å². The van der Waals surface area contributed by atoms with E-state index in [0.29, 0.717) is 4.88 Å². The van der Waals surface area contributed by atoms with Crippen LogP contribution in [0.15, 0.2) is 24.4 Å². The highest BCUT2D eigenvalue weighted by atomic mass is 32.1. The number of benzene rings is 1. The van der Waals surface area contributed by atoms with Crippen LogP contribution in [-0.4, -0.2) is 20.5 Å². The Hall–Kier alpha value is -2.14. The smallest absolute Gasteiger partial charge is 0.347 e. The molecule has 3 aromatic rings. The molecule has 0 saturated heterocycles. The molecule has 114 valence electrons. The topological polar surface area (TPSA) is 54.6 Å². The van der Waals surface area contributed by atoms with Gasteiger partial charge in [0, 0.05) is 17.5 Å². The van der Waals surface area contributed by atoms with Gasteiger partial charge >= 0.3 is 5.97 Å². The molecule has 0 amide bonds. The number of thiazole rings is 1. The van der Waals surface area contributed by atoms with E-state index in [-0.39, 0.29) is 0 Å². The molecule has 0 aliphatic rings. The van der Waals surface area contributed by atoms with E-state index in [4.69, 9.17) is 0 Å². The number of imidazole rings is 1. The van der Waals surface area contributed by atoms with Crippen LogP contribution in [0.1, 0.15) is 39.8 Å². The first kappa shape index (κ1) is 14.8. The quantitative estimate of drug-likeness (QED) is 0.780. The van der Waals surface area contributed by atoms with Crippen LogP contribution in [0, 0.1) is 13.8 Å². The maximum Gasteiger partial charge on any atom is 0.347 e. The number of aryl methyl sites for hydroxylation is 3. The molecule has 2 heterocycles. The second-order valence-electron chi connectivity index (χ2n) is 5.53. The molecule has 1 N–H and O–H groups in total. The van der Waals surface area contributed by atoms with E-state index in [9.17, 15) is 9.90 Å². The second-order valence-corrected chi connectivity index (χ2v) is 6.51. The molecular weight excluding hydrogens is 296 g/mol. The number of hydrogen-bond acceptors (Lipinski definition) is 3. The van der Waals surface area contributed by atoms with Gasteiger partial charge in [0.15, 0.2) is 4.96 Å². The van der Waals surface area contributed by atoms with Crippen molar-refractivity contribution in [2.75, 3.05) is 0 Å². The van der Waals surface area contributed by atoms with Crippen molar-refractivity contribution in [1.82, 2.24) is 9.38 Å². The number of rotatable bonds is 4.